The first-order chi connectivity index (χ1) is 2.81. The summed E-state index contributed by atoms with van der Waals surface area (Å²) in [5, 5.41) is 7.69. The van der Waals surface area contributed by atoms with Gasteiger partial charge in [0, 0.05) is 0 Å². The highest BCUT2D eigenvalue weighted by Crippen LogP contribution is 1.71. The van der Waals surface area contributed by atoms with E-state index in [1.807, 2.05) is 0 Å². The van der Waals surface area contributed by atoms with E-state index in [4.69, 9.17) is 5.26 Å². The number of nitrogens with zero attached hydrogens (tertiary/aromatic N) is 1. The molecule has 6 heavy (non-hydrogen) atoms. The molecule has 29 valence electrons. The molecule has 0 aromatic carbocycles. The lowest BCUT2D eigenvalue weighted by molar-refractivity contribution is -0.104. The van der Waals surface area contributed by atoms with Gasteiger partial charge in [0.1, 0.15) is 6.07 Å². The number of allylic oxidation sites excluding steroid dienone is 1. The second kappa shape index (κ2) is 2.16. The van der Waals surface area contributed by atoms with Crippen LogP contribution < -0.4 is 0 Å². The Morgan fingerprint density at radius 1 is 2.00 bits per heavy atom. The van der Waals surface area contributed by atoms with E-state index in [-0.39, 0.29) is 5.57 Å². The van der Waals surface area contributed by atoms with E-state index in [0.29, 0.717) is 6.29 Å². The van der Waals surface area contributed by atoms with Crippen LogP contribution in [0.2, 0.25) is 0 Å². The van der Waals surface area contributed by atoms with Crippen molar-refractivity contribution in [2.75, 3.05) is 0 Å². The van der Waals surface area contributed by atoms with Gasteiger partial charge in [0.2, 0.25) is 0 Å². The summed E-state index contributed by atoms with van der Waals surface area (Å²) in [7, 11) is 0. The molecule has 0 aromatic heterocycles. The average Bonchev–Trinajstić information content (AvgIpc) is 1.65. The predicted molar refractivity (Wildman–Crippen MR) is 19.5 cm³/mol. The lowest BCUT2D eigenvalue weighted by atomic mass is 10.4. The molecule has 0 rings (SSSR count). The standard InChI is InChI=1S/C4H2NO/c1-4(2-5)3-6/h1,3H. The number of rotatable bonds is 1. The second-order valence-electron chi connectivity index (χ2n) is 0.685. The highest BCUT2D eigenvalue weighted by Gasteiger charge is 1.77. The van der Waals surface area contributed by atoms with E-state index in [1.165, 1.54) is 6.07 Å². The van der Waals surface area contributed by atoms with Crippen molar-refractivity contribution in [3.63, 3.8) is 0 Å². The number of nitriles is 1. The second-order valence-corrected chi connectivity index (χ2v) is 0.685. The van der Waals surface area contributed by atoms with Crippen LogP contribution in [0.1, 0.15) is 0 Å². The molecule has 0 spiro atoms. The van der Waals surface area contributed by atoms with E-state index < -0.39 is 0 Å². The highest BCUT2D eigenvalue weighted by molar-refractivity contribution is 5.76. The third-order valence-corrected chi connectivity index (χ3v) is 0.256. The Balaban J connectivity index is 3.63. The molecule has 1 radical (unpaired) electrons. The minimum atomic E-state index is -0.282. The number of carbonyl (C=O) groups is 1. The van der Waals surface area contributed by atoms with Crippen LogP contribution in [0.3, 0.4) is 0 Å². The van der Waals surface area contributed by atoms with Crippen LogP contribution in [-0.2, 0) is 4.79 Å². The summed E-state index contributed by atoms with van der Waals surface area (Å²) in [6.45, 7) is 4.66. The summed E-state index contributed by atoms with van der Waals surface area (Å²) in [5.41, 5.74) is -0.282. The molecule has 0 aliphatic heterocycles. The summed E-state index contributed by atoms with van der Waals surface area (Å²) in [6, 6.07) is 1.44. The maximum absolute atomic E-state index is 9.35. The molecule has 0 atom stereocenters. The molecular weight excluding hydrogens is 78.0 g/mol. The molecule has 0 amide bonds. The van der Waals surface area contributed by atoms with Gasteiger partial charge in [-0.15, -0.1) is 0 Å². The summed E-state index contributed by atoms with van der Waals surface area (Å²) in [6.07, 6.45) is 0.306. The zero-order chi connectivity index (χ0) is 4.99. The molecule has 0 N–H and O–H groups in total. The van der Waals surface area contributed by atoms with Gasteiger partial charge >= 0.3 is 0 Å². The molecule has 0 unspecified atom stereocenters. The summed E-state index contributed by atoms with van der Waals surface area (Å²) < 4.78 is 0. The van der Waals surface area contributed by atoms with Gasteiger partial charge in [-0.05, 0) is 6.58 Å². The van der Waals surface area contributed by atoms with Crippen molar-refractivity contribution < 1.29 is 4.79 Å². The van der Waals surface area contributed by atoms with Gasteiger partial charge < -0.3 is 0 Å². The number of aldehydes is 1. The highest BCUT2D eigenvalue weighted by atomic mass is 16.1. The van der Waals surface area contributed by atoms with Crippen LogP contribution in [0.4, 0.5) is 0 Å². The Morgan fingerprint density at radius 2 is 2.50 bits per heavy atom. The van der Waals surface area contributed by atoms with E-state index >= 15 is 0 Å². The fraction of sp³-hybridized carbons (Fsp3) is 0. The zero-order valence-corrected chi connectivity index (χ0v) is 3.01. The summed E-state index contributed by atoms with van der Waals surface area (Å²) >= 11 is 0. The van der Waals surface area contributed by atoms with Crippen LogP contribution in [0.25, 0.3) is 0 Å². The van der Waals surface area contributed by atoms with Crippen LogP contribution in [0.5, 0.6) is 0 Å². The Labute approximate surface area is 35.7 Å². The largest absolute Gasteiger partial charge is 0.297 e. The van der Waals surface area contributed by atoms with Gasteiger partial charge in [-0.2, -0.15) is 5.26 Å². The van der Waals surface area contributed by atoms with Gasteiger partial charge in [0.25, 0.3) is 0 Å². The van der Waals surface area contributed by atoms with Crippen molar-refractivity contribution in [3.8, 4) is 6.07 Å². The average molecular weight is 80.1 g/mol. The van der Waals surface area contributed by atoms with Gasteiger partial charge in [-0.25, -0.2) is 0 Å². The van der Waals surface area contributed by atoms with Crippen molar-refractivity contribution in [3.05, 3.63) is 12.2 Å². The Bertz CT molecular complexity index is 109. The third-order valence-electron chi connectivity index (χ3n) is 0.256. The molecule has 2 heteroatoms. The fourth-order valence-corrected chi connectivity index (χ4v) is 0.0264. The van der Waals surface area contributed by atoms with Crippen LogP contribution in [0.15, 0.2) is 5.57 Å². The lowest BCUT2D eigenvalue weighted by Gasteiger charge is -1.61. The fourth-order valence-electron chi connectivity index (χ4n) is 0.0264. The molecule has 0 bridgehead atoms. The molecule has 2 nitrogen and oxygen atoms in total. The summed E-state index contributed by atoms with van der Waals surface area (Å²) in [4.78, 5) is 9.35. The van der Waals surface area contributed by atoms with Gasteiger partial charge in [0.05, 0.1) is 5.57 Å². The van der Waals surface area contributed by atoms with Crippen molar-refractivity contribution in [1.29, 1.82) is 5.26 Å². The van der Waals surface area contributed by atoms with E-state index in [1.54, 1.807) is 0 Å². The van der Waals surface area contributed by atoms with E-state index in [9.17, 15) is 4.79 Å². The minimum absolute atomic E-state index is 0.282. The molecule has 0 aliphatic rings. The molecule has 0 aromatic rings. The Morgan fingerprint density at radius 3 is 2.50 bits per heavy atom. The SMILES string of the molecule is [CH]=C(C#N)C=O. The minimum Gasteiger partial charge on any atom is -0.297 e. The smallest absolute Gasteiger partial charge is 0.160 e. The van der Waals surface area contributed by atoms with E-state index in [2.05, 4.69) is 6.58 Å². The monoisotopic (exact) mass is 80.0 g/mol. The molecule has 0 heterocycles. The zero-order valence-electron chi connectivity index (χ0n) is 3.01. The topological polar surface area (TPSA) is 40.9 Å². The Hall–Kier alpha value is -1.10. The van der Waals surface area contributed by atoms with Crippen LogP contribution >= 0.6 is 0 Å². The molecule has 0 fully saturated rings. The maximum Gasteiger partial charge on any atom is 0.160 e. The number of carbonyl (C=O) groups excluding carboxylic acids is 1. The normalized spacial score (nSPS) is 5.83. The molecular formula is C4H2NO. The number of hydrogen-bond acceptors (Lipinski definition) is 2. The molecule has 0 saturated heterocycles. The first kappa shape index (κ1) is 4.90. The van der Waals surface area contributed by atoms with E-state index in [0.717, 1.165) is 0 Å². The van der Waals surface area contributed by atoms with Crippen molar-refractivity contribution in [2.24, 2.45) is 0 Å². The van der Waals surface area contributed by atoms with Crippen LogP contribution in [0, 0.1) is 17.9 Å². The molecule has 0 saturated carbocycles. The Kier molecular flexibility index (Phi) is 1.76. The summed E-state index contributed by atoms with van der Waals surface area (Å²) in [5.74, 6) is 0. The predicted octanol–water partition coefficient (Wildman–Crippen LogP) is 0.0683. The van der Waals surface area contributed by atoms with Gasteiger partial charge in [0.15, 0.2) is 6.29 Å². The van der Waals surface area contributed by atoms with Crippen LogP contribution in [-0.4, -0.2) is 6.29 Å². The first-order valence-corrected chi connectivity index (χ1v) is 1.29. The third kappa shape index (κ3) is 1.24. The molecule has 0 aliphatic carbocycles. The van der Waals surface area contributed by atoms with Gasteiger partial charge in [-0.3, -0.25) is 4.79 Å². The number of hydrogen-bond donors (Lipinski definition) is 0. The lowest BCUT2D eigenvalue weighted by Crippen LogP contribution is -1.70. The quantitative estimate of drug-likeness (QED) is 0.254. The maximum atomic E-state index is 9.35. The van der Waals surface area contributed by atoms with Crippen molar-refractivity contribution >= 4 is 6.29 Å². The van der Waals surface area contributed by atoms with Crippen molar-refractivity contribution in [1.82, 2.24) is 0 Å². The van der Waals surface area contributed by atoms with Crippen molar-refractivity contribution in [2.45, 2.75) is 0 Å². The first-order valence-electron chi connectivity index (χ1n) is 1.29. The van der Waals surface area contributed by atoms with Gasteiger partial charge in [-0.1, -0.05) is 0 Å².